The highest BCUT2D eigenvalue weighted by Crippen LogP contribution is 2.29. The number of carbonyl (C=O) groups excluding carboxylic acids is 1. The van der Waals surface area contributed by atoms with Crippen molar-refractivity contribution in [2.75, 3.05) is 11.8 Å². The van der Waals surface area contributed by atoms with Gasteiger partial charge in [-0.25, -0.2) is 22.2 Å². The van der Waals surface area contributed by atoms with Gasteiger partial charge < -0.3 is 10.7 Å². The molecule has 0 saturated carbocycles. The average molecular weight is 538 g/mol. The maximum atomic E-state index is 15.5. The lowest BCUT2D eigenvalue weighted by atomic mass is 10.00. The van der Waals surface area contributed by atoms with Crippen LogP contribution in [0.2, 0.25) is 0 Å². The van der Waals surface area contributed by atoms with Crippen LogP contribution < -0.4 is 10.5 Å². The molecular formula is C27H25F2N5O3S. The Bertz CT molecular complexity index is 1680. The molecule has 0 fully saturated rings. The first-order chi connectivity index (χ1) is 18.2. The molecule has 4 aromatic rings. The van der Waals surface area contributed by atoms with Gasteiger partial charge in [-0.15, -0.1) is 0 Å². The number of hydrogen-bond donors (Lipinski definition) is 3. The number of anilines is 1. The number of aliphatic imine (C=N–C) groups is 1. The van der Waals surface area contributed by atoms with E-state index in [0.717, 1.165) is 30.5 Å². The zero-order valence-electron chi connectivity index (χ0n) is 20.6. The summed E-state index contributed by atoms with van der Waals surface area (Å²) < 4.78 is 58.2. The molecule has 196 valence electrons. The highest BCUT2D eigenvalue weighted by atomic mass is 32.2. The van der Waals surface area contributed by atoms with Crippen LogP contribution in [0, 0.1) is 11.6 Å². The number of halogens is 2. The molecule has 4 rings (SSSR count). The fourth-order valence-corrected chi connectivity index (χ4v) is 5.06. The van der Waals surface area contributed by atoms with Gasteiger partial charge in [0.2, 0.25) is 5.78 Å². The van der Waals surface area contributed by atoms with Crippen molar-refractivity contribution in [2.24, 2.45) is 10.7 Å². The largest absolute Gasteiger partial charge is 0.404 e. The van der Waals surface area contributed by atoms with E-state index < -0.39 is 38.7 Å². The van der Waals surface area contributed by atoms with Gasteiger partial charge in [0.25, 0.3) is 10.0 Å². The number of nitrogens with zero attached hydrogens (tertiary/aromatic N) is 2. The Balaban J connectivity index is 1.72. The Morgan fingerprint density at radius 3 is 2.58 bits per heavy atom. The van der Waals surface area contributed by atoms with Crippen molar-refractivity contribution in [3.63, 3.8) is 0 Å². The van der Waals surface area contributed by atoms with Crippen LogP contribution in [0.15, 0.2) is 70.9 Å². The lowest BCUT2D eigenvalue weighted by Gasteiger charge is -2.12. The number of aromatic nitrogens is 2. The predicted octanol–water partition coefficient (Wildman–Crippen LogP) is 4.83. The molecule has 0 aliphatic heterocycles. The number of allylic oxidation sites excluding steroid dienone is 1. The number of carbonyl (C=O) groups is 1. The van der Waals surface area contributed by atoms with Crippen LogP contribution in [0.4, 0.5) is 14.5 Å². The number of fused-ring (bicyclic) bond motifs is 1. The fraction of sp³-hybridized carbons (Fsp3) is 0.148. The monoisotopic (exact) mass is 537 g/mol. The first-order valence-corrected chi connectivity index (χ1v) is 13.1. The van der Waals surface area contributed by atoms with Crippen molar-refractivity contribution >= 4 is 44.3 Å². The summed E-state index contributed by atoms with van der Waals surface area (Å²) in [6.07, 6.45) is 7.30. The average Bonchev–Trinajstić information content (AvgIpc) is 3.33. The van der Waals surface area contributed by atoms with Gasteiger partial charge in [-0.3, -0.25) is 14.5 Å². The molecule has 0 bridgehead atoms. The summed E-state index contributed by atoms with van der Waals surface area (Å²) in [5, 5.41) is 0.299. The van der Waals surface area contributed by atoms with Crippen LogP contribution in [-0.2, 0) is 16.4 Å². The van der Waals surface area contributed by atoms with Gasteiger partial charge in [0, 0.05) is 53.9 Å². The number of H-pyrrole nitrogens is 1. The Morgan fingerprint density at radius 1 is 1.18 bits per heavy atom. The highest BCUT2D eigenvalue weighted by molar-refractivity contribution is 7.92. The third kappa shape index (κ3) is 5.18. The van der Waals surface area contributed by atoms with E-state index in [0.29, 0.717) is 22.2 Å². The summed E-state index contributed by atoms with van der Waals surface area (Å²) >= 11 is 0. The first kappa shape index (κ1) is 26.7. The maximum Gasteiger partial charge on any atom is 0.261 e. The molecule has 0 spiro atoms. The van der Waals surface area contributed by atoms with Gasteiger partial charge in [0.1, 0.15) is 11.5 Å². The van der Waals surface area contributed by atoms with E-state index in [4.69, 9.17) is 5.73 Å². The van der Waals surface area contributed by atoms with Crippen molar-refractivity contribution in [1.82, 2.24) is 9.97 Å². The fourth-order valence-electron chi connectivity index (χ4n) is 4.00. The van der Waals surface area contributed by atoms with Gasteiger partial charge in [-0.1, -0.05) is 25.5 Å². The van der Waals surface area contributed by atoms with Crippen LogP contribution >= 0.6 is 0 Å². The molecule has 2 heterocycles. The van der Waals surface area contributed by atoms with Crippen LogP contribution in [-0.4, -0.2) is 37.4 Å². The van der Waals surface area contributed by atoms with Crippen molar-refractivity contribution in [3.05, 3.63) is 94.9 Å². The summed E-state index contributed by atoms with van der Waals surface area (Å²) in [4.78, 5) is 24.2. The number of pyridine rings is 1. The topological polar surface area (TPSA) is 130 Å². The minimum absolute atomic E-state index is 0.0523. The lowest BCUT2D eigenvalue weighted by Crippen LogP contribution is -2.16. The number of hydrogen-bond acceptors (Lipinski definition) is 6. The molecule has 0 aliphatic carbocycles. The molecule has 0 saturated heterocycles. The van der Waals surface area contributed by atoms with Crippen LogP contribution in [0.1, 0.15) is 40.4 Å². The molecule has 38 heavy (non-hydrogen) atoms. The van der Waals surface area contributed by atoms with E-state index in [1.165, 1.54) is 36.9 Å². The number of aromatic amines is 1. The Hall–Kier alpha value is -4.38. The maximum absolute atomic E-state index is 15.5. The van der Waals surface area contributed by atoms with E-state index in [-0.39, 0.29) is 10.5 Å². The smallest absolute Gasteiger partial charge is 0.261 e. The minimum atomic E-state index is -4.21. The number of benzene rings is 2. The molecule has 4 N–H and O–H groups in total. The van der Waals surface area contributed by atoms with Crippen LogP contribution in [0.3, 0.4) is 0 Å². The zero-order valence-corrected chi connectivity index (χ0v) is 21.4. The number of nitrogens with two attached hydrogens (primary N) is 1. The summed E-state index contributed by atoms with van der Waals surface area (Å²) in [6, 6.07) is 9.52. The van der Waals surface area contributed by atoms with E-state index in [1.807, 2.05) is 6.92 Å². The van der Waals surface area contributed by atoms with E-state index >= 15 is 4.39 Å². The van der Waals surface area contributed by atoms with Gasteiger partial charge in [-0.2, -0.15) is 0 Å². The van der Waals surface area contributed by atoms with Gasteiger partial charge in [-0.05, 0) is 42.3 Å². The van der Waals surface area contributed by atoms with Crippen molar-refractivity contribution in [3.8, 4) is 0 Å². The quantitative estimate of drug-likeness (QED) is 0.208. The number of nitrogens with one attached hydrogen (secondary N) is 2. The molecule has 8 nitrogen and oxygen atoms in total. The SMILES string of the molecule is CCCc1ccc(S(=O)(=O)Nc2ccc(F)c(C(=O)c3c[nH]c4ncc(/C(C=NC)=C/N)cc34)c2F)cc1. The predicted molar refractivity (Wildman–Crippen MR) is 144 cm³/mol. The van der Waals surface area contributed by atoms with E-state index in [1.54, 1.807) is 25.2 Å². The summed E-state index contributed by atoms with van der Waals surface area (Å²) in [5.41, 5.74) is 6.47. The molecule has 0 unspecified atom stereocenters. The van der Waals surface area contributed by atoms with Crippen molar-refractivity contribution in [1.29, 1.82) is 0 Å². The third-order valence-electron chi connectivity index (χ3n) is 5.89. The number of rotatable bonds is 9. The third-order valence-corrected chi connectivity index (χ3v) is 7.27. The normalized spacial score (nSPS) is 12.4. The first-order valence-electron chi connectivity index (χ1n) is 11.7. The van der Waals surface area contributed by atoms with E-state index in [2.05, 4.69) is 19.7 Å². The van der Waals surface area contributed by atoms with Crippen molar-refractivity contribution < 1.29 is 22.0 Å². The van der Waals surface area contributed by atoms with Gasteiger partial charge >= 0.3 is 0 Å². The molecule has 0 atom stereocenters. The second-order valence-corrected chi connectivity index (χ2v) is 10.1. The second-order valence-electron chi connectivity index (χ2n) is 8.44. The van der Waals surface area contributed by atoms with Crippen LogP contribution in [0.5, 0.6) is 0 Å². The Labute approximate surface area is 218 Å². The van der Waals surface area contributed by atoms with E-state index in [9.17, 15) is 17.6 Å². The molecule has 0 amide bonds. The molecule has 2 aromatic heterocycles. The standard InChI is InChI=1S/C27H25F2N5O3S/c1-3-4-16-5-7-19(8-6-16)38(36,37)34-23-10-9-22(28)24(25(23)29)26(35)21-15-33-27-20(21)11-17(14-32-27)18(12-30)13-31-2/h5-15,34H,3-4,30H2,1-2H3,(H,32,33)/b18-12+,31-13?. The Kier molecular flexibility index (Phi) is 7.67. The molecule has 0 aliphatic rings. The summed E-state index contributed by atoms with van der Waals surface area (Å²) in [6.45, 7) is 2.00. The summed E-state index contributed by atoms with van der Waals surface area (Å²) in [5.74, 6) is -3.46. The molecule has 2 aromatic carbocycles. The molecule has 0 radical (unpaired) electrons. The van der Waals surface area contributed by atoms with Crippen molar-refractivity contribution in [2.45, 2.75) is 24.7 Å². The zero-order chi connectivity index (χ0) is 27.4. The minimum Gasteiger partial charge on any atom is -0.404 e. The number of aryl methyl sites for hydroxylation is 1. The lowest BCUT2D eigenvalue weighted by molar-refractivity contribution is 0.103. The van der Waals surface area contributed by atoms with Crippen LogP contribution in [0.25, 0.3) is 16.6 Å². The highest BCUT2D eigenvalue weighted by Gasteiger charge is 2.26. The van der Waals surface area contributed by atoms with Gasteiger partial charge in [0.15, 0.2) is 5.82 Å². The molecular weight excluding hydrogens is 512 g/mol. The van der Waals surface area contributed by atoms with Gasteiger partial charge in [0.05, 0.1) is 16.1 Å². The summed E-state index contributed by atoms with van der Waals surface area (Å²) in [7, 11) is -2.64. The second kappa shape index (κ2) is 10.9. The number of ketones is 1. The molecule has 11 heteroatoms. The Morgan fingerprint density at radius 2 is 1.92 bits per heavy atom. The number of sulfonamides is 1.